The molecule has 0 radical (unpaired) electrons. The first-order valence-electron chi connectivity index (χ1n) is 11.3. The van der Waals surface area contributed by atoms with Crippen molar-refractivity contribution in [3.63, 3.8) is 0 Å². The van der Waals surface area contributed by atoms with Crippen molar-refractivity contribution in [3.8, 4) is 0 Å². The van der Waals surface area contributed by atoms with E-state index < -0.39 is 60.7 Å². The second-order valence-electron chi connectivity index (χ2n) is 9.47. The molecular formula is C20H42ClN5O7. The largest absolute Gasteiger partial charge is 0.388 e. The average Bonchev–Trinajstić information content (AvgIpc) is 2.72. The van der Waals surface area contributed by atoms with E-state index in [1.807, 2.05) is 7.05 Å². The number of hydrogen-bond donors (Lipinski definition) is 8. The van der Waals surface area contributed by atoms with Gasteiger partial charge in [0.25, 0.3) is 0 Å². The highest BCUT2D eigenvalue weighted by Gasteiger charge is 2.50. The van der Waals surface area contributed by atoms with E-state index >= 15 is 0 Å². The lowest BCUT2D eigenvalue weighted by Crippen LogP contribution is -2.68. The number of nitrogens with one attached hydrogen (secondary N) is 2. The Labute approximate surface area is 201 Å². The van der Waals surface area contributed by atoms with E-state index in [1.165, 1.54) is 0 Å². The van der Waals surface area contributed by atoms with Gasteiger partial charge in [0.15, 0.2) is 12.6 Å². The van der Waals surface area contributed by atoms with Crippen molar-refractivity contribution in [2.45, 2.75) is 99.1 Å². The van der Waals surface area contributed by atoms with Crippen LogP contribution in [0.1, 0.15) is 26.2 Å². The Morgan fingerprint density at radius 1 is 0.970 bits per heavy atom. The third-order valence-electron chi connectivity index (χ3n) is 6.72. The van der Waals surface area contributed by atoms with E-state index in [9.17, 15) is 15.3 Å². The molecule has 13 heteroatoms. The molecule has 1 saturated carbocycles. The molecule has 0 bridgehead atoms. The van der Waals surface area contributed by atoms with Crippen LogP contribution in [0.5, 0.6) is 0 Å². The van der Waals surface area contributed by atoms with Crippen molar-refractivity contribution in [2.75, 3.05) is 27.2 Å². The number of halogens is 1. The second-order valence-corrected chi connectivity index (χ2v) is 9.47. The molecule has 12 nitrogen and oxygen atoms in total. The highest BCUT2D eigenvalue weighted by molar-refractivity contribution is 5.85. The molecule has 2 aliphatic heterocycles. The normalized spacial score (nSPS) is 48.8. The van der Waals surface area contributed by atoms with E-state index in [4.69, 9.17) is 36.1 Å². The highest BCUT2D eigenvalue weighted by Crippen LogP contribution is 2.31. The standard InChI is InChI=1S/C20H41N5O7.ClH/c1-20(28)8-29-19(14(27)17(20)25-3)32-16-12(23)6-11(22)15(13(16)26)31-18-10(21)5-4-9(30-18)7-24-2;/h9-19,24-28H,4-8,21-23H2,1-3H3;1H/t9-,10+,11-,12+,13-,14+,15?,16-,17+,18+,19+,20-;/m0./s1. The molecule has 12 atom stereocenters. The maximum absolute atomic E-state index is 11.1. The molecule has 11 N–H and O–H groups in total. The topological polar surface area (TPSA) is 200 Å². The highest BCUT2D eigenvalue weighted by atomic mass is 35.5. The minimum absolute atomic E-state index is 0. The zero-order valence-corrected chi connectivity index (χ0v) is 20.3. The summed E-state index contributed by atoms with van der Waals surface area (Å²) < 4.78 is 23.5. The first kappa shape index (κ1) is 29.0. The molecule has 0 aromatic rings. The van der Waals surface area contributed by atoms with Crippen LogP contribution in [0.4, 0.5) is 0 Å². The third-order valence-corrected chi connectivity index (χ3v) is 6.72. The zero-order valence-electron chi connectivity index (χ0n) is 19.5. The van der Waals surface area contributed by atoms with Gasteiger partial charge in [0.2, 0.25) is 0 Å². The molecule has 33 heavy (non-hydrogen) atoms. The van der Waals surface area contributed by atoms with E-state index in [0.717, 1.165) is 12.8 Å². The van der Waals surface area contributed by atoms with Gasteiger partial charge in [-0.15, -0.1) is 12.4 Å². The molecule has 3 aliphatic rings. The quantitative estimate of drug-likeness (QED) is 0.174. The number of likely N-dealkylation sites (N-methyl/N-ethyl adjacent to an activating group) is 2. The van der Waals surface area contributed by atoms with E-state index in [1.54, 1.807) is 14.0 Å². The summed E-state index contributed by atoms with van der Waals surface area (Å²) in [5.74, 6) is 0. The van der Waals surface area contributed by atoms with Crippen molar-refractivity contribution < 1.29 is 34.3 Å². The van der Waals surface area contributed by atoms with Crippen LogP contribution >= 0.6 is 12.4 Å². The van der Waals surface area contributed by atoms with E-state index in [2.05, 4.69) is 10.6 Å². The van der Waals surface area contributed by atoms with Crippen LogP contribution in [0.25, 0.3) is 0 Å². The Morgan fingerprint density at radius 3 is 2.15 bits per heavy atom. The van der Waals surface area contributed by atoms with Crippen molar-refractivity contribution in [3.05, 3.63) is 0 Å². The monoisotopic (exact) mass is 499 g/mol. The molecule has 3 rings (SSSR count). The number of rotatable bonds is 7. The van der Waals surface area contributed by atoms with Gasteiger partial charge in [-0.1, -0.05) is 0 Å². The van der Waals surface area contributed by atoms with Crippen LogP contribution in [-0.4, -0.2) is 115 Å². The molecule has 196 valence electrons. The molecule has 0 amide bonds. The SMILES string of the molecule is CNC[C@@H]1CC[C@@H](N)[C@@H](OC2[C@@H](N)C[C@@H](N)[C@H](O[C@H]3OC[C@](C)(O)[C@H](NC)[C@H]3O)[C@H]2O)O1.Cl. The van der Waals surface area contributed by atoms with Gasteiger partial charge in [0, 0.05) is 18.6 Å². The van der Waals surface area contributed by atoms with Gasteiger partial charge >= 0.3 is 0 Å². The summed E-state index contributed by atoms with van der Waals surface area (Å²) in [5, 5.41) is 38.1. The summed E-state index contributed by atoms with van der Waals surface area (Å²) in [6.07, 6.45) is -4.12. The molecule has 2 heterocycles. The van der Waals surface area contributed by atoms with Gasteiger partial charge in [-0.3, -0.25) is 0 Å². The Morgan fingerprint density at radius 2 is 1.58 bits per heavy atom. The van der Waals surface area contributed by atoms with Crippen LogP contribution in [-0.2, 0) is 18.9 Å². The lowest BCUT2D eigenvalue weighted by Gasteiger charge is -2.48. The zero-order chi connectivity index (χ0) is 23.6. The maximum atomic E-state index is 11.1. The minimum atomic E-state index is -1.28. The lowest BCUT2D eigenvalue weighted by atomic mass is 9.84. The van der Waals surface area contributed by atoms with Gasteiger partial charge in [-0.2, -0.15) is 0 Å². The molecular weight excluding hydrogens is 458 g/mol. The van der Waals surface area contributed by atoms with Crippen LogP contribution in [0, 0.1) is 0 Å². The summed E-state index contributed by atoms with van der Waals surface area (Å²) in [7, 11) is 3.47. The summed E-state index contributed by atoms with van der Waals surface area (Å²) >= 11 is 0. The van der Waals surface area contributed by atoms with Gasteiger partial charge < -0.3 is 62.1 Å². The summed E-state index contributed by atoms with van der Waals surface area (Å²) in [4.78, 5) is 0. The van der Waals surface area contributed by atoms with Gasteiger partial charge in [0.05, 0.1) is 24.8 Å². The lowest BCUT2D eigenvalue weighted by molar-refractivity contribution is -0.306. The average molecular weight is 500 g/mol. The van der Waals surface area contributed by atoms with Crippen molar-refractivity contribution in [1.82, 2.24) is 10.6 Å². The first-order valence-corrected chi connectivity index (χ1v) is 11.3. The van der Waals surface area contributed by atoms with E-state index in [0.29, 0.717) is 13.0 Å². The predicted molar refractivity (Wildman–Crippen MR) is 123 cm³/mol. The second kappa shape index (κ2) is 12.2. The molecule has 1 unspecified atom stereocenters. The number of aliphatic hydroxyl groups excluding tert-OH is 2. The molecule has 0 aromatic carbocycles. The number of hydrogen-bond acceptors (Lipinski definition) is 12. The van der Waals surface area contributed by atoms with Gasteiger partial charge in [0.1, 0.15) is 30.0 Å². The smallest absolute Gasteiger partial charge is 0.185 e. The molecule has 0 spiro atoms. The predicted octanol–water partition coefficient (Wildman–Crippen LogP) is -3.29. The van der Waals surface area contributed by atoms with Crippen LogP contribution in [0.15, 0.2) is 0 Å². The number of nitrogens with two attached hydrogens (primary N) is 3. The Balaban J connectivity index is 0.00000385. The van der Waals surface area contributed by atoms with Gasteiger partial charge in [-0.25, -0.2) is 0 Å². The Hall–Kier alpha value is -0.190. The van der Waals surface area contributed by atoms with Crippen LogP contribution in [0.2, 0.25) is 0 Å². The molecule has 1 aliphatic carbocycles. The number of ether oxygens (including phenoxy) is 4. The van der Waals surface area contributed by atoms with Crippen molar-refractivity contribution in [1.29, 1.82) is 0 Å². The fourth-order valence-electron chi connectivity index (χ4n) is 4.90. The van der Waals surface area contributed by atoms with Crippen LogP contribution in [0.3, 0.4) is 0 Å². The third kappa shape index (κ3) is 6.53. The fraction of sp³-hybridized carbons (Fsp3) is 1.00. The van der Waals surface area contributed by atoms with Crippen molar-refractivity contribution >= 4 is 12.4 Å². The van der Waals surface area contributed by atoms with E-state index in [-0.39, 0.29) is 31.2 Å². The Kier molecular flexibility index (Phi) is 10.7. The summed E-state index contributed by atoms with van der Waals surface area (Å²) in [6.45, 7) is 2.16. The first-order chi connectivity index (χ1) is 15.1. The fourth-order valence-corrected chi connectivity index (χ4v) is 4.90. The minimum Gasteiger partial charge on any atom is -0.388 e. The molecule has 0 aromatic heterocycles. The van der Waals surface area contributed by atoms with Crippen molar-refractivity contribution in [2.24, 2.45) is 17.2 Å². The maximum Gasteiger partial charge on any atom is 0.185 e. The summed E-state index contributed by atoms with van der Waals surface area (Å²) in [6, 6.07) is -2.20. The van der Waals surface area contributed by atoms with Gasteiger partial charge in [-0.05, 0) is 40.3 Å². The molecule has 3 fully saturated rings. The number of aliphatic hydroxyl groups is 3. The molecule has 2 saturated heterocycles. The van der Waals surface area contributed by atoms with Crippen LogP contribution < -0.4 is 27.8 Å². The summed E-state index contributed by atoms with van der Waals surface area (Å²) in [5.41, 5.74) is 17.4. The Bertz CT molecular complexity index is 609.